The van der Waals surface area contributed by atoms with Gasteiger partial charge in [0, 0.05) is 26.2 Å². The van der Waals surface area contributed by atoms with E-state index in [1.165, 1.54) is 13.2 Å². The molecule has 2 aromatic heterocycles. The van der Waals surface area contributed by atoms with E-state index in [4.69, 9.17) is 15.5 Å². The van der Waals surface area contributed by atoms with Crippen molar-refractivity contribution < 1.29 is 13.9 Å². The number of hydrogen-bond acceptors (Lipinski definition) is 6. The van der Waals surface area contributed by atoms with Crippen molar-refractivity contribution in [3.63, 3.8) is 0 Å². The van der Waals surface area contributed by atoms with Gasteiger partial charge in [0.25, 0.3) is 5.91 Å². The van der Waals surface area contributed by atoms with Gasteiger partial charge in [-0.2, -0.15) is 0 Å². The van der Waals surface area contributed by atoms with Gasteiger partial charge in [0.1, 0.15) is 28.6 Å². The molecule has 9 heteroatoms. The largest absolute Gasteiger partial charge is 0.496 e. The van der Waals surface area contributed by atoms with Crippen molar-refractivity contribution in [2.75, 3.05) is 30.4 Å². The summed E-state index contributed by atoms with van der Waals surface area (Å²) in [5, 5.41) is 3.00. The number of nitrogens with two attached hydrogens (primary N) is 1. The molecular weight excluding hydrogens is 447 g/mol. The Kier molecular flexibility index (Phi) is 5.86. The monoisotopic (exact) mass is 474 g/mol. The van der Waals surface area contributed by atoms with E-state index in [1.54, 1.807) is 30.3 Å². The fraction of sp³-hybridized carbons (Fsp3) is 0.269. The second-order valence-electron chi connectivity index (χ2n) is 8.72. The van der Waals surface area contributed by atoms with Gasteiger partial charge in [-0.15, -0.1) is 0 Å². The van der Waals surface area contributed by atoms with E-state index in [0.717, 1.165) is 35.5 Å². The summed E-state index contributed by atoms with van der Waals surface area (Å²) in [6, 6.07) is 13.4. The number of benzene rings is 2. The van der Waals surface area contributed by atoms with Crippen molar-refractivity contribution in [1.82, 2.24) is 14.5 Å². The normalized spacial score (nSPS) is 15.6. The third-order valence-electron chi connectivity index (χ3n) is 6.47. The van der Waals surface area contributed by atoms with Gasteiger partial charge in [-0.05, 0) is 49.7 Å². The van der Waals surface area contributed by atoms with Gasteiger partial charge < -0.3 is 25.3 Å². The van der Waals surface area contributed by atoms with Crippen LogP contribution in [0, 0.1) is 12.7 Å². The molecule has 0 radical (unpaired) electrons. The van der Waals surface area contributed by atoms with E-state index >= 15 is 0 Å². The van der Waals surface area contributed by atoms with Gasteiger partial charge >= 0.3 is 0 Å². The van der Waals surface area contributed by atoms with Crippen LogP contribution in [0.2, 0.25) is 0 Å². The predicted octanol–water partition coefficient (Wildman–Crippen LogP) is 3.88. The van der Waals surface area contributed by atoms with Gasteiger partial charge in [0.05, 0.1) is 35.3 Å². The third-order valence-corrected chi connectivity index (χ3v) is 6.47. The van der Waals surface area contributed by atoms with Crippen LogP contribution in [0.25, 0.3) is 22.3 Å². The maximum absolute atomic E-state index is 14.6. The van der Waals surface area contributed by atoms with E-state index in [-0.39, 0.29) is 17.3 Å². The summed E-state index contributed by atoms with van der Waals surface area (Å²) in [7, 11) is 3.44. The highest BCUT2D eigenvalue weighted by Gasteiger charge is 2.26. The smallest absolute Gasteiger partial charge is 0.274 e. The van der Waals surface area contributed by atoms with Gasteiger partial charge in [0.2, 0.25) is 0 Å². The van der Waals surface area contributed by atoms with E-state index in [1.807, 2.05) is 30.7 Å². The molecule has 1 aliphatic rings. The highest BCUT2D eigenvalue weighted by atomic mass is 19.1. The van der Waals surface area contributed by atoms with Crippen LogP contribution in [0.15, 0.2) is 48.5 Å². The molecular formula is C26H27FN6O2. The number of nitrogens with zero attached hydrogens (tertiary/aromatic N) is 4. The number of ether oxygens (including phenoxy) is 1. The van der Waals surface area contributed by atoms with Gasteiger partial charge in [-0.25, -0.2) is 14.4 Å². The molecule has 1 aliphatic heterocycles. The summed E-state index contributed by atoms with van der Waals surface area (Å²) in [5.74, 6) is 0.344. The van der Waals surface area contributed by atoms with Crippen LogP contribution in [0.1, 0.15) is 22.7 Å². The van der Waals surface area contributed by atoms with Crippen molar-refractivity contribution in [2.45, 2.75) is 19.4 Å². The Bertz CT molecular complexity index is 1430. The first-order valence-corrected chi connectivity index (χ1v) is 11.4. The number of fused-ring (bicyclic) bond motifs is 1. The number of nitrogens with one attached hydrogen (secondary N) is 1. The second-order valence-corrected chi connectivity index (χ2v) is 8.72. The number of carbonyl (C=O) groups is 1. The molecule has 5 rings (SSSR count). The summed E-state index contributed by atoms with van der Waals surface area (Å²) in [6.45, 7) is 3.40. The lowest BCUT2D eigenvalue weighted by atomic mass is 10.1. The molecule has 35 heavy (non-hydrogen) atoms. The first-order valence-electron chi connectivity index (χ1n) is 11.4. The Labute approximate surface area is 202 Å². The van der Waals surface area contributed by atoms with Crippen LogP contribution in [0.4, 0.5) is 15.8 Å². The number of hydrogen-bond donors (Lipinski definition) is 2. The predicted molar refractivity (Wildman–Crippen MR) is 134 cm³/mol. The van der Waals surface area contributed by atoms with E-state index in [0.29, 0.717) is 23.7 Å². The van der Waals surface area contributed by atoms with Crippen molar-refractivity contribution in [2.24, 2.45) is 12.8 Å². The van der Waals surface area contributed by atoms with Crippen molar-refractivity contribution >= 4 is 28.3 Å². The Balaban J connectivity index is 1.53. The Morgan fingerprint density at radius 2 is 1.97 bits per heavy atom. The number of methoxy groups -OCH3 is 1. The molecule has 1 amide bonds. The maximum atomic E-state index is 14.6. The molecule has 0 saturated carbocycles. The van der Waals surface area contributed by atoms with Crippen LogP contribution < -0.4 is 20.7 Å². The fourth-order valence-electron chi connectivity index (χ4n) is 4.58. The van der Waals surface area contributed by atoms with Gasteiger partial charge in [0.15, 0.2) is 0 Å². The summed E-state index contributed by atoms with van der Waals surface area (Å²) >= 11 is 0. The first kappa shape index (κ1) is 22.8. The van der Waals surface area contributed by atoms with E-state index in [2.05, 4.69) is 15.2 Å². The van der Waals surface area contributed by atoms with Crippen molar-refractivity contribution in [3.8, 4) is 17.0 Å². The quantitative estimate of drug-likeness (QED) is 0.456. The zero-order valence-electron chi connectivity index (χ0n) is 19.9. The number of aromatic nitrogens is 3. The summed E-state index contributed by atoms with van der Waals surface area (Å²) < 4.78 is 21.9. The molecule has 0 spiro atoms. The Morgan fingerprint density at radius 1 is 1.17 bits per heavy atom. The number of pyridine rings is 1. The van der Waals surface area contributed by atoms with E-state index in [9.17, 15) is 9.18 Å². The summed E-state index contributed by atoms with van der Waals surface area (Å²) in [6.07, 6.45) is 0.865. The minimum absolute atomic E-state index is 0.0627. The van der Waals surface area contributed by atoms with Crippen LogP contribution in [-0.2, 0) is 7.05 Å². The number of amides is 1. The average Bonchev–Trinajstić information content (AvgIpc) is 3.41. The van der Waals surface area contributed by atoms with E-state index < -0.39 is 11.7 Å². The zero-order chi connectivity index (χ0) is 24.7. The first-order chi connectivity index (χ1) is 16.9. The molecule has 1 saturated heterocycles. The van der Waals surface area contributed by atoms with Crippen LogP contribution in [0.3, 0.4) is 0 Å². The molecule has 0 aliphatic carbocycles. The van der Waals surface area contributed by atoms with Crippen molar-refractivity contribution in [1.29, 1.82) is 0 Å². The minimum Gasteiger partial charge on any atom is -0.496 e. The molecule has 1 atom stereocenters. The lowest BCUT2D eigenvalue weighted by Crippen LogP contribution is -2.27. The second kappa shape index (κ2) is 8.99. The molecule has 4 aromatic rings. The lowest BCUT2D eigenvalue weighted by molar-refractivity contribution is 0.102. The SMILES string of the molecule is COc1cccc(F)c1-c1cccc(C(=O)Nc2ccc3c(nc(C)n3C)c2N2CC[C@H](N)C2)n1. The number of carbonyl (C=O) groups excluding carboxylic acids is 1. The Morgan fingerprint density at radius 3 is 2.71 bits per heavy atom. The highest BCUT2D eigenvalue weighted by Crippen LogP contribution is 2.37. The summed E-state index contributed by atoms with van der Waals surface area (Å²) in [5.41, 5.74) is 10.1. The summed E-state index contributed by atoms with van der Waals surface area (Å²) in [4.78, 5) is 24.7. The number of aryl methyl sites for hydroxylation is 2. The molecule has 3 heterocycles. The van der Waals surface area contributed by atoms with Gasteiger partial charge in [-0.3, -0.25) is 4.79 Å². The molecule has 8 nitrogen and oxygen atoms in total. The van der Waals surface area contributed by atoms with Crippen molar-refractivity contribution in [3.05, 3.63) is 65.9 Å². The highest BCUT2D eigenvalue weighted by molar-refractivity contribution is 6.08. The number of rotatable bonds is 5. The van der Waals surface area contributed by atoms with Crippen LogP contribution >= 0.6 is 0 Å². The Hall–Kier alpha value is -3.98. The standard InChI is InChI=1S/C26H27FN6O2/c1-15-29-24-21(32(15)2)11-10-19(25(24)33-13-12-16(28)14-33)31-26(34)20-8-5-7-18(30-20)23-17(27)6-4-9-22(23)35-3/h4-11,16H,12-14,28H2,1-3H3,(H,31,34)/t16-/m0/s1. The molecule has 3 N–H and O–H groups in total. The minimum atomic E-state index is -0.474. The van der Waals surface area contributed by atoms with Crippen LogP contribution in [0.5, 0.6) is 5.75 Å². The average molecular weight is 475 g/mol. The van der Waals surface area contributed by atoms with Crippen LogP contribution in [-0.4, -0.2) is 46.7 Å². The molecule has 0 bridgehead atoms. The number of imidazole rings is 1. The number of halogens is 1. The maximum Gasteiger partial charge on any atom is 0.274 e. The topological polar surface area (TPSA) is 98.3 Å². The number of anilines is 2. The lowest BCUT2D eigenvalue weighted by Gasteiger charge is -2.22. The molecule has 180 valence electrons. The molecule has 1 fully saturated rings. The third kappa shape index (κ3) is 4.08. The molecule has 2 aromatic carbocycles. The fourth-order valence-corrected chi connectivity index (χ4v) is 4.58. The van der Waals surface area contributed by atoms with Gasteiger partial charge in [-0.1, -0.05) is 12.1 Å². The zero-order valence-corrected chi connectivity index (χ0v) is 19.9. The molecule has 0 unspecified atom stereocenters.